The highest BCUT2D eigenvalue weighted by Gasteiger charge is 2.30. The van der Waals surface area contributed by atoms with Crippen LogP contribution in [0.5, 0.6) is 0 Å². The lowest BCUT2D eigenvalue weighted by molar-refractivity contribution is -0.391. The molecule has 1 saturated carbocycles. The van der Waals surface area contributed by atoms with Crippen LogP contribution in [0.15, 0.2) is 35.3 Å². The van der Waals surface area contributed by atoms with E-state index in [4.69, 9.17) is 0 Å². The first-order chi connectivity index (χ1) is 11.5. The lowest BCUT2D eigenvalue weighted by atomic mass is 9.78. The minimum absolute atomic E-state index is 0.0562. The molecule has 0 bridgehead atoms. The molecule has 8 nitrogen and oxygen atoms in total. The van der Waals surface area contributed by atoms with Crippen LogP contribution in [0.3, 0.4) is 0 Å². The normalized spacial score (nSPS) is 24.9. The maximum absolute atomic E-state index is 11.4. The fraction of sp³-hybridized carbons (Fsp3) is 0.500. The smallest absolute Gasteiger partial charge is 0.409 e. The molecule has 3 atom stereocenters. The second-order valence-corrected chi connectivity index (χ2v) is 6.38. The highest BCUT2D eigenvalue weighted by Crippen LogP contribution is 2.31. The monoisotopic (exact) mass is 331 g/mol. The molecular formula is C16H21N5O3. The van der Waals surface area contributed by atoms with Crippen molar-refractivity contribution in [3.63, 3.8) is 0 Å². The number of aromatic nitrogens is 3. The van der Waals surface area contributed by atoms with Gasteiger partial charge >= 0.3 is 5.82 Å². The van der Waals surface area contributed by atoms with Gasteiger partial charge in [0.15, 0.2) is 0 Å². The van der Waals surface area contributed by atoms with E-state index in [1.54, 1.807) is 24.3 Å². The molecule has 128 valence electrons. The molecule has 0 radical (unpaired) electrons. The van der Waals surface area contributed by atoms with Crippen LogP contribution >= 0.6 is 0 Å². The summed E-state index contributed by atoms with van der Waals surface area (Å²) in [5.74, 6) is 0.369. The highest BCUT2D eigenvalue weighted by atomic mass is 16.6. The van der Waals surface area contributed by atoms with Gasteiger partial charge in [0.05, 0.1) is 11.1 Å². The summed E-state index contributed by atoms with van der Waals surface area (Å²) in [6.07, 6.45) is 3.03. The first kappa shape index (κ1) is 16.2. The third-order valence-corrected chi connectivity index (χ3v) is 4.87. The Morgan fingerprint density at radius 2 is 2.00 bits per heavy atom. The number of rotatable bonds is 3. The van der Waals surface area contributed by atoms with Crippen molar-refractivity contribution in [2.45, 2.75) is 39.2 Å². The molecule has 1 N–H and O–H groups in total. The number of hydrogen-bond donors (Lipinski definition) is 1. The van der Waals surface area contributed by atoms with Crippen molar-refractivity contribution in [2.75, 3.05) is 0 Å². The summed E-state index contributed by atoms with van der Waals surface area (Å²) in [6.45, 7) is 4.27. The van der Waals surface area contributed by atoms with Crippen LogP contribution in [-0.4, -0.2) is 30.9 Å². The Kier molecular flexibility index (Phi) is 4.37. The summed E-state index contributed by atoms with van der Waals surface area (Å²) in [7, 11) is 0. The van der Waals surface area contributed by atoms with E-state index in [1.807, 2.05) is 6.07 Å². The number of hydrogen-bond acceptors (Lipinski definition) is 5. The largest absolute Gasteiger partial charge is 0.438 e. The predicted octanol–water partition coefficient (Wildman–Crippen LogP) is 2.54. The molecule has 0 aliphatic heterocycles. The van der Waals surface area contributed by atoms with Gasteiger partial charge in [-0.25, -0.2) is 0 Å². The second-order valence-electron chi connectivity index (χ2n) is 6.38. The van der Waals surface area contributed by atoms with Gasteiger partial charge in [0.1, 0.15) is 5.69 Å². The van der Waals surface area contributed by atoms with Crippen molar-refractivity contribution in [3.8, 4) is 5.69 Å². The molecule has 1 fully saturated rings. The van der Waals surface area contributed by atoms with Gasteiger partial charge in [0.2, 0.25) is 0 Å². The van der Waals surface area contributed by atoms with Crippen LogP contribution in [0.2, 0.25) is 0 Å². The molecule has 1 heterocycles. The molecule has 1 aliphatic carbocycles. The first-order valence-corrected chi connectivity index (χ1v) is 8.14. The Morgan fingerprint density at radius 1 is 1.29 bits per heavy atom. The molecule has 3 rings (SSSR count). The van der Waals surface area contributed by atoms with E-state index in [-0.39, 0.29) is 11.5 Å². The average molecular weight is 331 g/mol. The Balaban J connectivity index is 2.11. The molecular weight excluding hydrogens is 310 g/mol. The van der Waals surface area contributed by atoms with E-state index in [0.29, 0.717) is 22.4 Å². The maximum atomic E-state index is 11.4. The number of nitrogens with zero attached hydrogens (tertiary/aromatic N) is 5. The maximum Gasteiger partial charge on any atom is 0.438 e. The standard InChI is InChI=1S/C16H21N5O3/c1-11-7-6-10-14(12(11)2)17-15-16(21(23)24)18-19(20(15)22)13-8-4-3-5-9-13/h3-5,8-9,11-12,14,22H,6-7,10H2,1-2H3/t11-,12-,14-/m1/s1. The molecule has 8 heteroatoms. The lowest BCUT2D eigenvalue weighted by Crippen LogP contribution is -2.32. The van der Waals surface area contributed by atoms with Crippen molar-refractivity contribution in [2.24, 2.45) is 16.8 Å². The Morgan fingerprint density at radius 3 is 2.67 bits per heavy atom. The molecule has 0 saturated heterocycles. The van der Waals surface area contributed by atoms with Crippen LogP contribution in [0.4, 0.5) is 5.82 Å². The van der Waals surface area contributed by atoms with Crippen molar-refractivity contribution in [3.05, 3.63) is 45.9 Å². The van der Waals surface area contributed by atoms with Crippen LogP contribution in [-0.2, 0) is 0 Å². The number of benzene rings is 1. The number of para-hydroxylation sites is 1. The van der Waals surface area contributed by atoms with Gasteiger partial charge < -0.3 is 15.3 Å². The fourth-order valence-electron chi connectivity index (χ4n) is 3.21. The zero-order chi connectivity index (χ0) is 17.3. The van der Waals surface area contributed by atoms with Crippen molar-refractivity contribution in [1.29, 1.82) is 0 Å². The van der Waals surface area contributed by atoms with E-state index in [0.717, 1.165) is 24.1 Å². The average Bonchev–Trinajstić information content (AvgIpc) is 2.90. The zero-order valence-electron chi connectivity index (χ0n) is 13.7. The topological polar surface area (TPSA) is 98.5 Å². The molecule has 2 aromatic rings. The van der Waals surface area contributed by atoms with Crippen LogP contribution in [0.1, 0.15) is 33.1 Å². The molecule has 1 aromatic heterocycles. The SMILES string of the molecule is C[C@@H]1[C@H](C)CCC[C@H]1N=c1c([N+](=O)[O-])nn(-c2ccccc2)n1O. The quantitative estimate of drug-likeness (QED) is 0.531. The van der Waals surface area contributed by atoms with Gasteiger partial charge in [-0.3, -0.25) is 4.99 Å². The van der Waals surface area contributed by atoms with E-state index < -0.39 is 10.7 Å². The van der Waals surface area contributed by atoms with Crippen molar-refractivity contribution in [1.82, 2.24) is 14.7 Å². The van der Waals surface area contributed by atoms with Crippen molar-refractivity contribution >= 4 is 5.82 Å². The summed E-state index contributed by atoms with van der Waals surface area (Å²) >= 11 is 0. The molecule has 0 unspecified atom stereocenters. The van der Waals surface area contributed by atoms with Crippen molar-refractivity contribution < 1.29 is 10.1 Å². The summed E-state index contributed by atoms with van der Waals surface area (Å²) in [6, 6.07) is 8.71. The predicted molar refractivity (Wildman–Crippen MR) is 86.9 cm³/mol. The molecule has 0 spiro atoms. The van der Waals surface area contributed by atoms with E-state index >= 15 is 0 Å². The fourth-order valence-corrected chi connectivity index (χ4v) is 3.21. The van der Waals surface area contributed by atoms with Gasteiger partial charge in [0, 0.05) is 0 Å². The molecule has 24 heavy (non-hydrogen) atoms. The van der Waals surface area contributed by atoms with Gasteiger partial charge in [-0.15, -0.1) is 0 Å². The minimum Gasteiger partial charge on any atom is -0.409 e. The zero-order valence-corrected chi connectivity index (χ0v) is 13.7. The number of nitro groups is 1. The third kappa shape index (κ3) is 2.91. The van der Waals surface area contributed by atoms with Gasteiger partial charge in [-0.05, 0) is 40.1 Å². The lowest BCUT2D eigenvalue weighted by Gasteiger charge is -2.31. The van der Waals surface area contributed by atoms with E-state index in [2.05, 4.69) is 23.9 Å². The van der Waals surface area contributed by atoms with Crippen LogP contribution < -0.4 is 5.49 Å². The second kappa shape index (κ2) is 6.46. The highest BCUT2D eigenvalue weighted by molar-refractivity contribution is 5.29. The van der Waals surface area contributed by atoms with E-state index in [9.17, 15) is 15.3 Å². The Bertz CT molecular complexity index is 796. The molecule has 1 aliphatic rings. The van der Waals surface area contributed by atoms with Crippen LogP contribution in [0.25, 0.3) is 5.69 Å². The third-order valence-electron chi connectivity index (χ3n) is 4.87. The van der Waals surface area contributed by atoms with Crippen LogP contribution in [0, 0.1) is 22.0 Å². The minimum atomic E-state index is -0.609. The van der Waals surface area contributed by atoms with Gasteiger partial charge in [-0.2, -0.15) is 0 Å². The summed E-state index contributed by atoms with van der Waals surface area (Å²) in [5, 5.41) is 25.7. The molecule has 1 aromatic carbocycles. The summed E-state index contributed by atoms with van der Waals surface area (Å²) in [4.78, 5) is 17.0. The summed E-state index contributed by atoms with van der Waals surface area (Å²) in [5.41, 5.74) is 0.421. The Labute approximate surface area is 139 Å². The first-order valence-electron chi connectivity index (χ1n) is 8.14. The summed E-state index contributed by atoms with van der Waals surface area (Å²) < 4.78 is 0. The molecule has 0 amide bonds. The Hall–Kier alpha value is -2.64. The van der Waals surface area contributed by atoms with Gasteiger partial charge in [-0.1, -0.05) is 49.7 Å². The van der Waals surface area contributed by atoms with E-state index in [1.165, 1.54) is 0 Å². The van der Waals surface area contributed by atoms with Gasteiger partial charge in [0.25, 0.3) is 5.49 Å².